The lowest BCUT2D eigenvalue weighted by Gasteiger charge is -2.31. The quantitative estimate of drug-likeness (QED) is 0.588. The lowest BCUT2D eigenvalue weighted by molar-refractivity contribution is -0.0214. The maximum Gasteiger partial charge on any atom is 0.407 e. The molecule has 0 radical (unpaired) electrons. The van der Waals surface area contributed by atoms with Gasteiger partial charge >= 0.3 is 6.09 Å². The van der Waals surface area contributed by atoms with Gasteiger partial charge in [-0.3, -0.25) is 0 Å². The van der Waals surface area contributed by atoms with Crippen molar-refractivity contribution >= 4 is 33.4 Å². The van der Waals surface area contributed by atoms with Crippen LogP contribution in [0.2, 0.25) is 5.02 Å². The van der Waals surface area contributed by atoms with Crippen molar-refractivity contribution in [1.29, 1.82) is 0 Å². The van der Waals surface area contributed by atoms with Gasteiger partial charge in [0.05, 0.1) is 35.7 Å². The number of nitrogens with zero attached hydrogens (tertiary/aromatic N) is 3. The van der Waals surface area contributed by atoms with E-state index in [9.17, 15) is 22.7 Å². The van der Waals surface area contributed by atoms with Crippen LogP contribution in [0.5, 0.6) is 0 Å². The number of rotatable bonds is 4. The van der Waals surface area contributed by atoms with Crippen LogP contribution in [-0.2, 0) is 21.2 Å². The number of nitrogens with two attached hydrogens (primary N) is 1. The number of hydrogen-bond donors (Lipinski definition) is 2. The number of sulfonamides is 1. The molecule has 1 atom stereocenters. The van der Waals surface area contributed by atoms with Crippen molar-refractivity contribution in [2.24, 2.45) is 5.14 Å². The molecule has 0 spiro atoms. The summed E-state index contributed by atoms with van der Waals surface area (Å²) in [5.41, 5.74) is 2.69. The molecular formula is C20H20ClFN4O5S. The zero-order valence-electron chi connectivity index (χ0n) is 17.0. The largest absolute Gasteiger partial charge is 0.465 e. The van der Waals surface area contributed by atoms with Crippen molar-refractivity contribution < 1.29 is 27.4 Å². The van der Waals surface area contributed by atoms with Gasteiger partial charge in [-0.25, -0.2) is 27.7 Å². The molecular weight excluding hydrogens is 463 g/mol. The van der Waals surface area contributed by atoms with Crippen LogP contribution in [0.4, 0.5) is 9.18 Å². The van der Waals surface area contributed by atoms with Crippen molar-refractivity contribution in [2.45, 2.75) is 24.3 Å². The van der Waals surface area contributed by atoms with Gasteiger partial charge in [0.2, 0.25) is 10.0 Å². The summed E-state index contributed by atoms with van der Waals surface area (Å²) in [4.78, 5) is 16.5. The maximum absolute atomic E-state index is 14.6. The van der Waals surface area contributed by atoms with Gasteiger partial charge in [0, 0.05) is 24.7 Å². The van der Waals surface area contributed by atoms with Crippen molar-refractivity contribution in [3.8, 4) is 11.3 Å². The third kappa shape index (κ3) is 4.29. The van der Waals surface area contributed by atoms with Gasteiger partial charge < -0.3 is 19.1 Å². The highest BCUT2D eigenvalue weighted by Crippen LogP contribution is 2.35. The minimum atomic E-state index is -4.30. The molecule has 1 unspecified atom stereocenters. The Kier molecular flexibility index (Phi) is 5.84. The van der Waals surface area contributed by atoms with Crippen LogP contribution >= 0.6 is 11.6 Å². The number of hydrogen-bond acceptors (Lipinski definition) is 5. The molecule has 1 fully saturated rings. The third-order valence-corrected chi connectivity index (χ3v) is 6.53. The number of pyridine rings is 1. The Morgan fingerprint density at radius 3 is 2.84 bits per heavy atom. The fourth-order valence-electron chi connectivity index (χ4n) is 3.77. The second kappa shape index (κ2) is 8.32. The van der Waals surface area contributed by atoms with Crippen LogP contribution in [0.25, 0.3) is 16.9 Å². The molecule has 1 amide bonds. The highest BCUT2D eigenvalue weighted by Gasteiger charge is 2.28. The number of fused-ring (bicyclic) bond motifs is 1. The third-order valence-electron chi connectivity index (χ3n) is 5.29. The molecule has 3 heterocycles. The standard InChI is InChI=1S/C20H20ClFN4O5S/c1-11-2-3-26-16(7-12-10-25(20(27)28)4-5-31-12)19(24-18(26)6-11)13-8-15(22)17(9-14(13)21)32(23,29)30/h2-3,6,8-9,12H,4-5,7,10H2,1H3,(H,27,28)(H2,23,29,30). The molecule has 1 saturated heterocycles. The Hall–Kier alpha value is -2.73. The molecule has 0 saturated carbocycles. The minimum Gasteiger partial charge on any atom is -0.465 e. The van der Waals surface area contributed by atoms with Gasteiger partial charge in [0.25, 0.3) is 0 Å². The summed E-state index contributed by atoms with van der Waals surface area (Å²) in [5.74, 6) is -1.04. The van der Waals surface area contributed by atoms with Gasteiger partial charge in [-0.1, -0.05) is 11.6 Å². The number of carbonyl (C=O) groups is 1. The Morgan fingerprint density at radius 1 is 1.41 bits per heavy atom. The number of amides is 1. The molecule has 0 aliphatic carbocycles. The van der Waals surface area contributed by atoms with E-state index in [1.54, 1.807) is 10.6 Å². The van der Waals surface area contributed by atoms with Crippen molar-refractivity contribution in [3.05, 3.63) is 52.6 Å². The monoisotopic (exact) mass is 482 g/mol. The van der Waals surface area contributed by atoms with E-state index in [-0.39, 0.29) is 36.7 Å². The molecule has 1 aromatic carbocycles. The number of primary sulfonamides is 1. The van der Waals surface area contributed by atoms with E-state index in [1.807, 2.05) is 19.1 Å². The number of aromatic nitrogens is 2. The van der Waals surface area contributed by atoms with E-state index in [2.05, 4.69) is 4.98 Å². The topological polar surface area (TPSA) is 127 Å². The summed E-state index contributed by atoms with van der Waals surface area (Å²) in [6.07, 6.45) is 0.596. The van der Waals surface area contributed by atoms with Gasteiger partial charge in [-0.2, -0.15) is 0 Å². The first kappa shape index (κ1) is 22.5. The van der Waals surface area contributed by atoms with E-state index in [0.717, 1.165) is 17.7 Å². The Bertz CT molecular complexity index is 1330. The van der Waals surface area contributed by atoms with Crippen LogP contribution < -0.4 is 5.14 Å². The molecule has 1 aliphatic heterocycles. The first-order valence-corrected chi connectivity index (χ1v) is 11.6. The van der Waals surface area contributed by atoms with Gasteiger partial charge in [0.1, 0.15) is 16.4 Å². The van der Waals surface area contributed by atoms with Gasteiger partial charge in [-0.15, -0.1) is 0 Å². The summed E-state index contributed by atoms with van der Waals surface area (Å²) in [6.45, 7) is 2.59. The Morgan fingerprint density at radius 2 is 2.16 bits per heavy atom. The van der Waals surface area contributed by atoms with Crippen LogP contribution in [0.3, 0.4) is 0 Å². The first-order chi connectivity index (χ1) is 15.0. The number of ether oxygens (including phenoxy) is 1. The van der Waals surface area contributed by atoms with E-state index in [0.29, 0.717) is 17.0 Å². The lowest BCUT2D eigenvalue weighted by Crippen LogP contribution is -2.45. The molecule has 0 bridgehead atoms. The number of morpholine rings is 1. The average Bonchev–Trinajstić information content (AvgIpc) is 3.05. The van der Waals surface area contributed by atoms with Crippen LogP contribution in [0, 0.1) is 12.7 Å². The molecule has 3 N–H and O–H groups in total. The van der Waals surface area contributed by atoms with E-state index < -0.39 is 32.9 Å². The number of aryl methyl sites for hydroxylation is 1. The first-order valence-electron chi connectivity index (χ1n) is 9.64. The molecule has 32 heavy (non-hydrogen) atoms. The normalized spacial score (nSPS) is 17.1. The van der Waals surface area contributed by atoms with Crippen LogP contribution in [0.15, 0.2) is 35.4 Å². The average molecular weight is 483 g/mol. The second-order valence-electron chi connectivity index (χ2n) is 7.57. The number of halogens is 2. The Labute approximate surface area is 188 Å². The molecule has 9 nitrogen and oxygen atoms in total. The summed E-state index contributed by atoms with van der Waals surface area (Å²) < 4.78 is 45.5. The SMILES string of the molecule is Cc1ccn2c(CC3CN(C(=O)O)CCO3)c(-c3cc(F)c(S(N)(=O)=O)cc3Cl)nc2c1. The summed E-state index contributed by atoms with van der Waals surface area (Å²) in [7, 11) is -4.30. The van der Waals surface area contributed by atoms with Crippen LogP contribution in [0.1, 0.15) is 11.3 Å². The van der Waals surface area contributed by atoms with E-state index in [1.165, 1.54) is 4.90 Å². The highest BCUT2D eigenvalue weighted by atomic mass is 35.5. The molecule has 1 aliphatic rings. The van der Waals surface area contributed by atoms with Gasteiger partial charge in [0.15, 0.2) is 0 Å². The van der Waals surface area contributed by atoms with E-state index in [4.69, 9.17) is 21.5 Å². The predicted octanol–water partition coefficient (Wildman–Crippen LogP) is 2.67. The minimum absolute atomic E-state index is 0.0338. The van der Waals surface area contributed by atoms with Crippen molar-refractivity contribution in [1.82, 2.24) is 14.3 Å². The molecule has 2 aromatic heterocycles. The second-order valence-corrected chi connectivity index (χ2v) is 9.51. The number of benzene rings is 1. The molecule has 3 aromatic rings. The van der Waals surface area contributed by atoms with Crippen LogP contribution in [-0.4, -0.2) is 59.7 Å². The summed E-state index contributed by atoms with van der Waals surface area (Å²) >= 11 is 6.33. The molecule has 12 heteroatoms. The molecule has 170 valence electrons. The zero-order chi connectivity index (χ0) is 23.2. The number of imidazole rings is 1. The fraction of sp³-hybridized carbons (Fsp3) is 0.300. The van der Waals surface area contributed by atoms with E-state index >= 15 is 0 Å². The zero-order valence-corrected chi connectivity index (χ0v) is 18.5. The predicted molar refractivity (Wildman–Crippen MR) is 115 cm³/mol. The molecule has 4 rings (SSSR count). The van der Waals surface area contributed by atoms with Crippen molar-refractivity contribution in [3.63, 3.8) is 0 Å². The smallest absolute Gasteiger partial charge is 0.407 e. The highest BCUT2D eigenvalue weighted by molar-refractivity contribution is 7.89. The summed E-state index contributed by atoms with van der Waals surface area (Å²) in [5, 5.41) is 14.3. The maximum atomic E-state index is 14.6. The summed E-state index contributed by atoms with van der Waals surface area (Å²) in [6, 6.07) is 5.66. The Balaban J connectivity index is 1.84. The fourth-order valence-corrected chi connectivity index (χ4v) is 4.70. The van der Waals surface area contributed by atoms with Crippen molar-refractivity contribution in [2.75, 3.05) is 19.7 Å². The number of carboxylic acid groups (broad SMARTS) is 1. The lowest BCUT2D eigenvalue weighted by atomic mass is 10.0. The van der Waals surface area contributed by atoms with Gasteiger partial charge in [-0.05, 0) is 36.8 Å².